The van der Waals surface area contributed by atoms with Crippen molar-refractivity contribution in [2.24, 2.45) is 5.92 Å². The maximum absolute atomic E-state index is 12.9. The number of nitrogens with zero attached hydrogens (tertiary/aromatic N) is 1. The van der Waals surface area contributed by atoms with Crippen LogP contribution in [-0.4, -0.2) is 48.5 Å². The van der Waals surface area contributed by atoms with Gasteiger partial charge in [0.2, 0.25) is 5.91 Å². The van der Waals surface area contributed by atoms with Gasteiger partial charge in [-0.15, -0.1) is 0 Å². The molecule has 0 bridgehead atoms. The lowest BCUT2D eigenvalue weighted by Gasteiger charge is -2.36. The zero-order chi connectivity index (χ0) is 19.4. The highest BCUT2D eigenvalue weighted by molar-refractivity contribution is 6.09. The van der Waals surface area contributed by atoms with Crippen molar-refractivity contribution in [1.29, 1.82) is 0 Å². The second kappa shape index (κ2) is 7.98. The van der Waals surface area contributed by atoms with Crippen LogP contribution in [0.15, 0.2) is 24.3 Å². The van der Waals surface area contributed by atoms with E-state index < -0.39 is 11.6 Å². The average Bonchev–Trinajstić information content (AvgIpc) is 2.89. The van der Waals surface area contributed by atoms with E-state index in [0.29, 0.717) is 19.4 Å². The summed E-state index contributed by atoms with van der Waals surface area (Å²) in [5, 5.41) is 5.65. The molecule has 27 heavy (non-hydrogen) atoms. The molecular weight excluding hydrogens is 346 g/mol. The van der Waals surface area contributed by atoms with Gasteiger partial charge in [-0.3, -0.25) is 14.5 Å². The number of imide groups is 1. The van der Waals surface area contributed by atoms with Crippen LogP contribution in [0, 0.1) is 5.92 Å². The number of urea groups is 1. The number of carbonyl (C=O) groups is 3. The van der Waals surface area contributed by atoms with E-state index in [9.17, 15) is 14.4 Å². The standard InChI is InChI=1S/C20H27N3O4/c1-14-7-5-6-11-20(14)18(25)23(19(26)22-20)13-17(24)21-12-10-15-8-3-4-9-16(15)27-2/h3-4,8-9,14H,5-7,10-13H2,1-2H3,(H,21,24)(H,22,26). The van der Waals surface area contributed by atoms with Crippen LogP contribution in [-0.2, 0) is 16.0 Å². The molecule has 2 unspecified atom stereocenters. The Balaban J connectivity index is 1.55. The van der Waals surface area contributed by atoms with Crippen LogP contribution in [0.2, 0.25) is 0 Å². The summed E-state index contributed by atoms with van der Waals surface area (Å²) < 4.78 is 5.29. The smallest absolute Gasteiger partial charge is 0.325 e. The van der Waals surface area contributed by atoms with Gasteiger partial charge >= 0.3 is 6.03 Å². The van der Waals surface area contributed by atoms with Gasteiger partial charge in [-0.1, -0.05) is 38.0 Å². The lowest BCUT2D eigenvalue weighted by molar-refractivity contribution is -0.137. The molecule has 1 aromatic carbocycles. The molecule has 2 N–H and O–H groups in total. The van der Waals surface area contributed by atoms with Crippen LogP contribution >= 0.6 is 0 Å². The number of hydrogen-bond donors (Lipinski definition) is 2. The molecule has 1 aliphatic heterocycles. The molecule has 1 aliphatic carbocycles. The predicted molar refractivity (Wildman–Crippen MR) is 100 cm³/mol. The molecule has 1 saturated carbocycles. The third-order valence-electron chi connectivity index (χ3n) is 5.71. The highest BCUT2D eigenvalue weighted by atomic mass is 16.5. The second-order valence-electron chi connectivity index (χ2n) is 7.35. The molecule has 2 atom stereocenters. The summed E-state index contributed by atoms with van der Waals surface area (Å²) in [6.45, 7) is 2.16. The summed E-state index contributed by atoms with van der Waals surface area (Å²) in [6, 6.07) is 7.15. The van der Waals surface area contributed by atoms with Gasteiger partial charge in [0, 0.05) is 6.54 Å². The normalized spacial score (nSPS) is 24.8. The number of carbonyl (C=O) groups excluding carboxylic acids is 3. The van der Waals surface area contributed by atoms with Crippen LogP contribution < -0.4 is 15.4 Å². The summed E-state index contributed by atoms with van der Waals surface area (Å²) in [5.41, 5.74) is 0.165. The number of nitrogens with one attached hydrogen (secondary N) is 2. The maximum Gasteiger partial charge on any atom is 0.325 e. The molecule has 2 aliphatic rings. The Morgan fingerprint density at radius 3 is 2.85 bits per heavy atom. The fourth-order valence-electron chi connectivity index (χ4n) is 4.08. The van der Waals surface area contributed by atoms with E-state index in [1.165, 1.54) is 0 Å². The first kappa shape index (κ1) is 19.2. The van der Waals surface area contributed by atoms with Gasteiger partial charge in [0.25, 0.3) is 5.91 Å². The van der Waals surface area contributed by atoms with Crippen molar-refractivity contribution in [3.63, 3.8) is 0 Å². The third-order valence-corrected chi connectivity index (χ3v) is 5.71. The molecule has 7 heteroatoms. The van der Waals surface area contributed by atoms with Crippen LogP contribution in [0.3, 0.4) is 0 Å². The van der Waals surface area contributed by atoms with Crippen molar-refractivity contribution in [2.75, 3.05) is 20.2 Å². The van der Waals surface area contributed by atoms with Crippen LogP contribution in [0.4, 0.5) is 4.79 Å². The minimum Gasteiger partial charge on any atom is -0.496 e. The van der Waals surface area contributed by atoms with E-state index in [2.05, 4.69) is 10.6 Å². The maximum atomic E-state index is 12.9. The average molecular weight is 373 g/mol. The molecule has 1 saturated heterocycles. The van der Waals surface area contributed by atoms with E-state index in [-0.39, 0.29) is 24.3 Å². The molecule has 1 heterocycles. The van der Waals surface area contributed by atoms with Crippen LogP contribution in [0.1, 0.15) is 38.2 Å². The van der Waals surface area contributed by atoms with Gasteiger partial charge in [-0.2, -0.15) is 0 Å². The Morgan fingerprint density at radius 2 is 2.11 bits per heavy atom. The molecule has 146 valence electrons. The first-order valence-corrected chi connectivity index (χ1v) is 9.50. The lowest BCUT2D eigenvalue weighted by Crippen LogP contribution is -2.54. The number of hydrogen-bond acceptors (Lipinski definition) is 4. The minimum absolute atomic E-state index is 0.0845. The number of amides is 4. The molecule has 2 fully saturated rings. The number of rotatable bonds is 6. The largest absolute Gasteiger partial charge is 0.496 e. The fourth-order valence-corrected chi connectivity index (χ4v) is 4.08. The van der Waals surface area contributed by atoms with E-state index in [0.717, 1.165) is 35.5 Å². The molecule has 4 amide bonds. The van der Waals surface area contributed by atoms with Gasteiger partial charge < -0.3 is 15.4 Å². The second-order valence-corrected chi connectivity index (χ2v) is 7.35. The summed E-state index contributed by atoms with van der Waals surface area (Å²) in [6.07, 6.45) is 4.14. The summed E-state index contributed by atoms with van der Waals surface area (Å²) in [7, 11) is 1.61. The Labute approximate surface area is 159 Å². The van der Waals surface area contributed by atoms with Crippen molar-refractivity contribution in [3.8, 4) is 5.75 Å². The zero-order valence-electron chi connectivity index (χ0n) is 15.9. The highest BCUT2D eigenvalue weighted by Crippen LogP contribution is 2.38. The predicted octanol–water partition coefficient (Wildman–Crippen LogP) is 1.85. The van der Waals surface area contributed by atoms with Gasteiger partial charge in [0.1, 0.15) is 17.8 Å². The Kier molecular flexibility index (Phi) is 5.68. The first-order chi connectivity index (χ1) is 13.0. The SMILES string of the molecule is COc1ccccc1CCNC(=O)CN1C(=O)NC2(CCCCC2C)C1=O. The van der Waals surface area contributed by atoms with Crippen molar-refractivity contribution in [1.82, 2.24) is 15.5 Å². The Morgan fingerprint density at radius 1 is 1.33 bits per heavy atom. The topological polar surface area (TPSA) is 87.7 Å². The monoisotopic (exact) mass is 373 g/mol. The molecule has 1 aromatic rings. The Hall–Kier alpha value is -2.57. The van der Waals surface area contributed by atoms with E-state index in [1.54, 1.807) is 7.11 Å². The van der Waals surface area contributed by atoms with Crippen molar-refractivity contribution in [2.45, 2.75) is 44.6 Å². The van der Waals surface area contributed by atoms with Gasteiger partial charge in [-0.25, -0.2) is 4.79 Å². The Bertz CT molecular complexity index is 736. The number of ether oxygens (including phenoxy) is 1. The summed E-state index contributed by atoms with van der Waals surface area (Å²) in [4.78, 5) is 38.5. The van der Waals surface area contributed by atoms with Crippen LogP contribution in [0.5, 0.6) is 5.75 Å². The van der Waals surface area contributed by atoms with Gasteiger partial charge in [0.15, 0.2) is 0 Å². The highest BCUT2D eigenvalue weighted by Gasteiger charge is 2.55. The van der Waals surface area contributed by atoms with Gasteiger partial charge in [-0.05, 0) is 36.8 Å². The third kappa shape index (κ3) is 3.77. The van der Waals surface area contributed by atoms with Gasteiger partial charge in [0.05, 0.1) is 7.11 Å². The number of para-hydroxylation sites is 1. The minimum atomic E-state index is -0.826. The molecular formula is C20H27N3O4. The lowest BCUT2D eigenvalue weighted by atomic mass is 9.73. The number of methoxy groups -OCH3 is 1. The summed E-state index contributed by atoms with van der Waals surface area (Å²) >= 11 is 0. The zero-order valence-corrected chi connectivity index (χ0v) is 15.9. The van der Waals surface area contributed by atoms with E-state index >= 15 is 0 Å². The fraction of sp³-hybridized carbons (Fsp3) is 0.550. The van der Waals surface area contributed by atoms with Crippen molar-refractivity contribution in [3.05, 3.63) is 29.8 Å². The summed E-state index contributed by atoms with van der Waals surface area (Å²) in [5.74, 6) is 0.254. The molecule has 0 aromatic heterocycles. The number of benzene rings is 1. The molecule has 3 rings (SSSR count). The van der Waals surface area contributed by atoms with E-state index in [1.807, 2.05) is 31.2 Å². The quantitative estimate of drug-likeness (QED) is 0.745. The molecule has 7 nitrogen and oxygen atoms in total. The molecule has 1 spiro atoms. The molecule has 0 radical (unpaired) electrons. The first-order valence-electron chi connectivity index (χ1n) is 9.50. The van der Waals surface area contributed by atoms with Crippen molar-refractivity contribution >= 4 is 17.8 Å². The van der Waals surface area contributed by atoms with Crippen molar-refractivity contribution < 1.29 is 19.1 Å². The van der Waals surface area contributed by atoms with E-state index in [4.69, 9.17) is 4.74 Å². The van der Waals surface area contributed by atoms with Crippen LogP contribution in [0.25, 0.3) is 0 Å².